The van der Waals surface area contributed by atoms with Gasteiger partial charge in [-0.05, 0) is 12.8 Å². The Balaban J connectivity index is 1.85. The zero-order chi connectivity index (χ0) is 11.2. The van der Waals surface area contributed by atoms with E-state index in [4.69, 9.17) is 5.26 Å². The highest BCUT2D eigenvalue weighted by Gasteiger charge is 2.22. The summed E-state index contributed by atoms with van der Waals surface area (Å²) in [6, 6.07) is 0.669. The van der Waals surface area contributed by atoms with Crippen LogP contribution in [0.5, 0.6) is 0 Å². The maximum atomic E-state index is 8.47. The second-order valence-corrected chi connectivity index (χ2v) is 4.45. The first-order valence-electron chi connectivity index (χ1n) is 6.07. The van der Waals surface area contributed by atoms with Gasteiger partial charge in [0.1, 0.15) is 0 Å². The first-order valence-corrected chi connectivity index (χ1v) is 6.07. The summed E-state index contributed by atoms with van der Waals surface area (Å²) in [5.41, 5.74) is 0. The number of nitrogens with zero attached hydrogens (tertiary/aromatic N) is 3. The third kappa shape index (κ3) is 2.86. The normalized spacial score (nSPS) is 23.8. The van der Waals surface area contributed by atoms with Crippen LogP contribution in [0.2, 0.25) is 0 Å². The van der Waals surface area contributed by atoms with Crippen molar-refractivity contribution in [1.82, 2.24) is 15.5 Å². The van der Waals surface area contributed by atoms with Gasteiger partial charge in [-0.25, -0.2) is 4.99 Å². The molecule has 0 spiro atoms. The number of hydrogen-bond donors (Lipinski definition) is 2. The molecule has 1 aliphatic carbocycles. The van der Waals surface area contributed by atoms with Gasteiger partial charge in [0.2, 0.25) is 5.96 Å². The van der Waals surface area contributed by atoms with E-state index in [1.54, 1.807) is 0 Å². The van der Waals surface area contributed by atoms with Crippen molar-refractivity contribution >= 4 is 5.96 Å². The predicted octanol–water partition coefficient (Wildman–Crippen LogP) is 0.956. The van der Waals surface area contributed by atoms with Crippen LogP contribution in [-0.4, -0.2) is 30.2 Å². The molecular weight excluding hydrogens is 202 g/mol. The number of rotatable bonds is 1. The molecule has 0 saturated heterocycles. The van der Waals surface area contributed by atoms with E-state index in [9.17, 15) is 0 Å². The molecular formula is C11H19N5. The molecule has 0 amide bonds. The van der Waals surface area contributed by atoms with Gasteiger partial charge < -0.3 is 5.32 Å². The minimum Gasteiger partial charge on any atom is -0.343 e. The van der Waals surface area contributed by atoms with Crippen molar-refractivity contribution in [3.05, 3.63) is 0 Å². The number of nitriles is 1. The van der Waals surface area contributed by atoms with Crippen molar-refractivity contribution in [2.45, 2.75) is 44.6 Å². The first-order chi connectivity index (χ1) is 7.90. The minimum absolute atomic E-state index is 0.604. The van der Waals surface area contributed by atoms with Crippen molar-refractivity contribution in [3.8, 4) is 6.19 Å². The molecule has 0 bridgehead atoms. The largest absolute Gasteiger partial charge is 0.343 e. The lowest BCUT2D eigenvalue weighted by Gasteiger charge is -2.32. The van der Waals surface area contributed by atoms with Crippen LogP contribution in [0.15, 0.2) is 4.99 Å². The molecule has 88 valence electrons. The Bertz CT molecular complexity index is 285. The first kappa shape index (κ1) is 11.2. The van der Waals surface area contributed by atoms with Gasteiger partial charge in [-0.2, -0.15) is 5.26 Å². The summed E-state index contributed by atoms with van der Waals surface area (Å²) in [5, 5.41) is 14.1. The van der Waals surface area contributed by atoms with Crippen molar-refractivity contribution in [1.29, 1.82) is 5.26 Å². The fraction of sp³-hybridized carbons (Fsp3) is 0.818. The van der Waals surface area contributed by atoms with E-state index in [0.29, 0.717) is 18.7 Å². The van der Waals surface area contributed by atoms with Gasteiger partial charge in [0, 0.05) is 6.04 Å². The second kappa shape index (κ2) is 5.71. The average molecular weight is 221 g/mol. The van der Waals surface area contributed by atoms with E-state index < -0.39 is 0 Å². The summed E-state index contributed by atoms with van der Waals surface area (Å²) in [6.07, 6.45) is 9.90. The lowest BCUT2D eigenvalue weighted by Crippen LogP contribution is -2.50. The second-order valence-electron chi connectivity index (χ2n) is 4.45. The Kier molecular flexibility index (Phi) is 4.00. The summed E-state index contributed by atoms with van der Waals surface area (Å²) in [4.78, 5) is 6.67. The van der Waals surface area contributed by atoms with Crippen molar-refractivity contribution in [3.63, 3.8) is 0 Å². The van der Waals surface area contributed by atoms with E-state index in [2.05, 4.69) is 20.5 Å². The molecule has 1 heterocycles. The molecule has 0 aromatic heterocycles. The van der Waals surface area contributed by atoms with Gasteiger partial charge in [0.05, 0.1) is 13.3 Å². The van der Waals surface area contributed by atoms with E-state index in [-0.39, 0.29) is 0 Å². The van der Waals surface area contributed by atoms with Crippen molar-refractivity contribution < 1.29 is 0 Å². The van der Waals surface area contributed by atoms with Crippen LogP contribution in [0.1, 0.15) is 38.5 Å². The van der Waals surface area contributed by atoms with Crippen molar-refractivity contribution in [2.75, 3.05) is 13.3 Å². The van der Waals surface area contributed by atoms with Crippen LogP contribution in [0.3, 0.4) is 0 Å². The number of aliphatic imine (C=N–C) groups is 1. The Labute approximate surface area is 96.5 Å². The predicted molar refractivity (Wildman–Crippen MR) is 62.4 cm³/mol. The Morgan fingerprint density at radius 3 is 2.62 bits per heavy atom. The Hall–Kier alpha value is -1.28. The standard InChI is InChI=1S/C11H19N5/c12-7-13-11-14-8-16(9-15-11)10-5-3-1-2-4-6-10/h10H,1-6,8-9H2,(H2,13,14,15). The summed E-state index contributed by atoms with van der Waals surface area (Å²) in [6.45, 7) is 1.51. The molecule has 1 saturated carbocycles. The zero-order valence-corrected chi connectivity index (χ0v) is 9.58. The molecule has 16 heavy (non-hydrogen) atoms. The molecule has 0 unspecified atom stereocenters. The maximum Gasteiger partial charge on any atom is 0.207 e. The number of guanidine groups is 1. The third-order valence-corrected chi connectivity index (χ3v) is 3.38. The van der Waals surface area contributed by atoms with E-state index in [1.165, 1.54) is 38.5 Å². The van der Waals surface area contributed by atoms with Crippen LogP contribution < -0.4 is 10.6 Å². The van der Waals surface area contributed by atoms with Crippen molar-refractivity contribution in [2.24, 2.45) is 4.99 Å². The highest BCUT2D eigenvalue weighted by Crippen LogP contribution is 2.21. The monoisotopic (exact) mass is 221 g/mol. The molecule has 0 aromatic carbocycles. The van der Waals surface area contributed by atoms with Crippen LogP contribution >= 0.6 is 0 Å². The van der Waals surface area contributed by atoms with Gasteiger partial charge in [-0.1, -0.05) is 25.7 Å². The lowest BCUT2D eigenvalue weighted by atomic mass is 10.1. The van der Waals surface area contributed by atoms with Gasteiger partial charge in [-0.15, -0.1) is 0 Å². The topological polar surface area (TPSA) is 63.5 Å². The molecule has 5 nitrogen and oxygen atoms in total. The molecule has 5 heteroatoms. The van der Waals surface area contributed by atoms with E-state index in [0.717, 1.165) is 6.67 Å². The fourth-order valence-corrected chi connectivity index (χ4v) is 2.45. The number of hydrogen-bond acceptors (Lipinski definition) is 5. The summed E-state index contributed by atoms with van der Waals surface area (Å²) < 4.78 is 0. The SMILES string of the molecule is N#CNC1=NCN(C2CCCCCC2)CN1. The smallest absolute Gasteiger partial charge is 0.207 e. The van der Waals surface area contributed by atoms with Crippen LogP contribution in [0.25, 0.3) is 0 Å². The van der Waals surface area contributed by atoms with E-state index >= 15 is 0 Å². The molecule has 0 atom stereocenters. The summed E-state index contributed by atoms with van der Waals surface area (Å²) in [7, 11) is 0. The maximum absolute atomic E-state index is 8.47. The summed E-state index contributed by atoms with van der Waals surface area (Å²) in [5.74, 6) is 0.604. The van der Waals surface area contributed by atoms with Gasteiger partial charge in [0.15, 0.2) is 6.19 Å². The average Bonchev–Trinajstić information content (AvgIpc) is 2.59. The Morgan fingerprint density at radius 2 is 2.06 bits per heavy atom. The van der Waals surface area contributed by atoms with Gasteiger partial charge >= 0.3 is 0 Å². The number of nitrogens with one attached hydrogen (secondary N) is 2. The fourth-order valence-electron chi connectivity index (χ4n) is 2.45. The quantitative estimate of drug-likeness (QED) is 0.393. The van der Waals surface area contributed by atoms with E-state index in [1.807, 2.05) is 6.19 Å². The van der Waals surface area contributed by atoms with Gasteiger partial charge in [0.25, 0.3) is 0 Å². The summed E-state index contributed by atoms with van der Waals surface area (Å²) >= 11 is 0. The molecule has 0 radical (unpaired) electrons. The molecule has 1 fully saturated rings. The highest BCUT2D eigenvalue weighted by molar-refractivity contribution is 5.81. The minimum atomic E-state index is 0.604. The van der Waals surface area contributed by atoms with Crippen LogP contribution in [0.4, 0.5) is 0 Å². The van der Waals surface area contributed by atoms with Crippen LogP contribution in [0, 0.1) is 11.5 Å². The molecule has 2 N–H and O–H groups in total. The van der Waals surface area contributed by atoms with Crippen LogP contribution in [-0.2, 0) is 0 Å². The van der Waals surface area contributed by atoms with Gasteiger partial charge in [-0.3, -0.25) is 10.2 Å². The lowest BCUT2D eigenvalue weighted by molar-refractivity contribution is 0.171. The molecule has 2 rings (SSSR count). The zero-order valence-electron chi connectivity index (χ0n) is 9.58. The molecule has 2 aliphatic rings. The molecule has 1 aliphatic heterocycles. The third-order valence-electron chi connectivity index (χ3n) is 3.38. The highest BCUT2D eigenvalue weighted by atomic mass is 15.4. The Morgan fingerprint density at radius 1 is 1.31 bits per heavy atom. The molecule has 0 aromatic rings.